The minimum Gasteiger partial charge on any atom is -0.374 e. The third kappa shape index (κ3) is 2.77. The van der Waals surface area contributed by atoms with E-state index in [0.29, 0.717) is 16.7 Å². The predicted molar refractivity (Wildman–Crippen MR) is 64.7 cm³/mol. The van der Waals surface area contributed by atoms with Crippen LogP contribution in [-0.4, -0.2) is 22.6 Å². The first kappa shape index (κ1) is 11.0. The van der Waals surface area contributed by atoms with Gasteiger partial charge < -0.3 is 11.1 Å². The molecule has 7 heteroatoms. The van der Waals surface area contributed by atoms with Crippen LogP contribution in [0.2, 0.25) is 0 Å². The maximum atomic E-state index is 11.5. The van der Waals surface area contributed by atoms with Crippen LogP contribution in [0.15, 0.2) is 17.5 Å². The average Bonchev–Trinajstić information content (AvgIpc) is 2.89. The van der Waals surface area contributed by atoms with E-state index in [1.165, 1.54) is 4.88 Å². The van der Waals surface area contributed by atoms with Crippen LogP contribution in [0.5, 0.6) is 0 Å². The highest BCUT2D eigenvalue weighted by Gasteiger charge is 2.10. The van der Waals surface area contributed by atoms with Gasteiger partial charge in [-0.05, 0) is 17.9 Å². The molecule has 0 aliphatic rings. The van der Waals surface area contributed by atoms with Crippen LogP contribution >= 0.6 is 22.7 Å². The third-order valence-electron chi connectivity index (χ3n) is 1.87. The minimum absolute atomic E-state index is 0.217. The van der Waals surface area contributed by atoms with E-state index in [1.54, 1.807) is 11.3 Å². The lowest BCUT2D eigenvalue weighted by Crippen LogP contribution is -2.25. The van der Waals surface area contributed by atoms with Crippen LogP contribution in [0, 0.1) is 0 Å². The molecule has 0 spiro atoms. The molecule has 2 rings (SSSR count). The number of nitrogen functional groups attached to an aromatic ring is 1. The zero-order valence-electron chi connectivity index (χ0n) is 8.34. The number of hydrogen-bond acceptors (Lipinski definition) is 6. The summed E-state index contributed by atoms with van der Waals surface area (Å²) >= 11 is 2.77. The van der Waals surface area contributed by atoms with Gasteiger partial charge in [-0.15, -0.1) is 21.5 Å². The molecule has 0 aliphatic carbocycles. The zero-order chi connectivity index (χ0) is 11.4. The van der Waals surface area contributed by atoms with E-state index in [0.717, 1.165) is 17.8 Å². The first-order valence-electron chi connectivity index (χ1n) is 4.65. The highest BCUT2D eigenvalue weighted by Crippen LogP contribution is 2.11. The highest BCUT2D eigenvalue weighted by molar-refractivity contribution is 7.16. The molecule has 0 aliphatic heterocycles. The number of aromatic nitrogens is 2. The molecule has 0 fully saturated rings. The highest BCUT2D eigenvalue weighted by atomic mass is 32.1. The maximum absolute atomic E-state index is 11.5. The molecule has 84 valence electrons. The van der Waals surface area contributed by atoms with Crippen LogP contribution in [0.25, 0.3) is 0 Å². The van der Waals surface area contributed by atoms with Gasteiger partial charge in [0.2, 0.25) is 10.1 Å². The Hall–Kier alpha value is -1.47. The molecular weight excluding hydrogens is 244 g/mol. The Labute approximate surface area is 100 Å². The fraction of sp³-hybridized carbons (Fsp3) is 0.222. The SMILES string of the molecule is Nc1nnc(C(=O)NCCc2cccs2)s1. The number of rotatable bonds is 4. The molecule has 2 aromatic heterocycles. The molecule has 2 heterocycles. The Morgan fingerprint density at radius 1 is 1.50 bits per heavy atom. The molecule has 0 atom stereocenters. The zero-order valence-corrected chi connectivity index (χ0v) is 9.98. The minimum atomic E-state index is -0.217. The second-order valence-electron chi connectivity index (χ2n) is 3.03. The molecular formula is C9H10N4OS2. The maximum Gasteiger partial charge on any atom is 0.282 e. The van der Waals surface area contributed by atoms with Crippen LogP contribution in [0.3, 0.4) is 0 Å². The summed E-state index contributed by atoms with van der Waals surface area (Å²) in [6, 6.07) is 4.03. The van der Waals surface area contributed by atoms with Gasteiger partial charge in [-0.1, -0.05) is 17.4 Å². The Balaban J connectivity index is 1.80. The van der Waals surface area contributed by atoms with Crippen molar-refractivity contribution in [3.05, 3.63) is 27.4 Å². The molecule has 0 saturated carbocycles. The summed E-state index contributed by atoms with van der Waals surface area (Å²) in [5, 5.41) is 12.7. The summed E-state index contributed by atoms with van der Waals surface area (Å²) in [4.78, 5) is 12.8. The number of nitrogens with one attached hydrogen (secondary N) is 1. The molecule has 2 aromatic rings. The molecule has 1 amide bonds. The molecule has 0 radical (unpaired) electrons. The van der Waals surface area contributed by atoms with E-state index in [2.05, 4.69) is 15.5 Å². The topological polar surface area (TPSA) is 80.9 Å². The third-order valence-corrected chi connectivity index (χ3v) is 3.56. The van der Waals surface area contributed by atoms with Crippen LogP contribution in [0.1, 0.15) is 14.7 Å². The van der Waals surface area contributed by atoms with Crippen LogP contribution < -0.4 is 11.1 Å². The standard InChI is InChI=1S/C9H10N4OS2/c10-9-13-12-8(16-9)7(14)11-4-3-6-2-1-5-15-6/h1-2,5H,3-4H2,(H2,10,13)(H,11,14). The van der Waals surface area contributed by atoms with Gasteiger partial charge in [0.05, 0.1) is 0 Å². The Bertz CT molecular complexity index is 466. The first-order chi connectivity index (χ1) is 7.75. The summed E-state index contributed by atoms with van der Waals surface area (Å²) in [5.74, 6) is -0.217. The van der Waals surface area contributed by atoms with E-state index in [-0.39, 0.29) is 5.91 Å². The van der Waals surface area contributed by atoms with Crippen molar-refractivity contribution in [1.82, 2.24) is 15.5 Å². The van der Waals surface area contributed by atoms with Crippen molar-refractivity contribution in [2.45, 2.75) is 6.42 Å². The Morgan fingerprint density at radius 2 is 2.38 bits per heavy atom. The number of thiophene rings is 1. The van der Waals surface area contributed by atoms with E-state index >= 15 is 0 Å². The second kappa shape index (κ2) is 5.04. The first-order valence-corrected chi connectivity index (χ1v) is 6.35. The number of carbonyl (C=O) groups is 1. The second-order valence-corrected chi connectivity index (χ2v) is 5.07. The van der Waals surface area contributed by atoms with Gasteiger partial charge >= 0.3 is 0 Å². The van der Waals surface area contributed by atoms with Gasteiger partial charge in [0.25, 0.3) is 5.91 Å². The van der Waals surface area contributed by atoms with Gasteiger partial charge in [-0.25, -0.2) is 0 Å². The van der Waals surface area contributed by atoms with Crippen molar-refractivity contribution < 1.29 is 4.79 Å². The lowest BCUT2D eigenvalue weighted by atomic mass is 10.3. The van der Waals surface area contributed by atoms with E-state index in [9.17, 15) is 4.79 Å². The van der Waals surface area contributed by atoms with Crippen molar-refractivity contribution in [1.29, 1.82) is 0 Å². The lowest BCUT2D eigenvalue weighted by molar-refractivity contribution is 0.0953. The fourth-order valence-corrected chi connectivity index (χ4v) is 2.39. The van der Waals surface area contributed by atoms with Crippen molar-refractivity contribution in [3.8, 4) is 0 Å². The van der Waals surface area contributed by atoms with Crippen LogP contribution in [0.4, 0.5) is 5.13 Å². The Morgan fingerprint density at radius 3 is 3.00 bits per heavy atom. The van der Waals surface area contributed by atoms with Gasteiger partial charge in [0.15, 0.2) is 0 Å². The van der Waals surface area contributed by atoms with E-state index in [1.807, 2.05) is 17.5 Å². The number of anilines is 1. The van der Waals surface area contributed by atoms with Crippen molar-refractivity contribution in [2.75, 3.05) is 12.3 Å². The normalized spacial score (nSPS) is 10.2. The number of amides is 1. The van der Waals surface area contributed by atoms with Gasteiger partial charge in [-0.3, -0.25) is 4.79 Å². The molecule has 3 N–H and O–H groups in total. The van der Waals surface area contributed by atoms with Crippen molar-refractivity contribution >= 4 is 33.7 Å². The molecule has 16 heavy (non-hydrogen) atoms. The van der Waals surface area contributed by atoms with Gasteiger partial charge in [0, 0.05) is 11.4 Å². The number of carbonyl (C=O) groups excluding carboxylic acids is 1. The van der Waals surface area contributed by atoms with Gasteiger partial charge in [-0.2, -0.15) is 0 Å². The molecule has 0 unspecified atom stereocenters. The van der Waals surface area contributed by atoms with Gasteiger partial charge in [0.1, 0.15) is 0 Å². The number of hydrogen-bond donors (Lipinski definition) is 2. The van der Waals surface area contributed by atoms with E-state index in [4.69, 9.17) is 5.73 Å². The summed E-state index contributed by atoms with van der Waals surface area (Å²) in [5.41, 5.74) is 5.39. The Kier molecular flexibility index (Phi) is 3.47. The summed E-state index contributed by atoms with van der Waals surface area (Å²) in [7, 11) is 0. The number of nitrogens with two attached hydrogens (primary N) is 1. The smallest absolute Gasteiger partial charge is 0.282 e. The largest absolute Gasteiger partial charge is 0.374 e. The van der Waals surface area contributed by atoms with Crippen LogP contribution in [-0.2, 0) is 6.42 Å². The average molecular weight is 254 g/mol. The molecule has 0 aromatic carbocycles. The molecule has 5 nitrogen and oxygen atoms in total. The quantitative estimate of drug-likeness (QED) is 0.857. The molecule has 0 bridgehead atoms. The summed E-state index contributed by atoms with van der Waals surface area (Å²) in [6.07, 6.45) is 0.831. The predicted octanol–water partition coefficient (Wildman–Crippen LogP) is 1.15. The van der Waals surface area contributed by atoms with E-state index < -0.39 is 0 Å². The van der Waals surface area contributed by atoms with Crippen molar-refractivity contribution in [2.24, 2.45) is 0 Å². The summed E-state index contributed by atoms with van der Waals surface area (Å²) in [6.45, 7) is 0.596. The number of nitrogens with zero attached hydrogens (tertiary/aromatic N) is 2. The summed E-state index contributed by atoms with van der Waals surface area (Å²) < 4.78 is 0. The fourth-order valence-electron chi connectivity index (χ4n) is 1.16. The lowest BCUT2D eigenvalue weighted by Gasteiger charge is -2.00. The molecule has 0 saturated heterocycles. The monoisotopic (exact) mass is 254 g/mol. The van der Waals surface area contributed by atoms with Crippen molar-refractivity contribution in [3.63, 3.8) is 0 Å².